The molecule has 0 atom stereocenters. The first-order chi connectivity index (χ1) is 7.98. The summed E-state index contributed by atoms with van der Waals surface area (Å²) in [5, 5.41) is 9.82. The molecule has 0 bridgehead atoms. The highest BCUT2D eigenvalue weighted by Gasteiger charge is 2.40. The Morgan fingerprint density at radius 3 is 2.94 bits per heavy atom. The van der Waals surface area contributed by atoms with Crippen molar-refractivity contribution in [2.45, 2.75) is 31.3 Å². The molecule has 4 nitrogen and oxygen atoms in total. The Labute approximate surface area is 108 Å². The van der Waals surface area contributed by atoms with E-state index in [2.05, 4.69) is 31.4 Å². The fourth-order valence-corrected chi connectivity index (χ4v) is 3.31. The van der Waals surface area contributed by atoms with Gasteiger partial charge in [-0.2, -0.15) is 0 Å². The first-order valence-corrected chi connectivity index (χ1v) is 6.40. The Morgan fingerprint density at radius 2 is 2.29 bits per heavy atom. The van der Waals surface area contributed by atoms with E-state index < -0.39 is 5.60 Å². The second kappa shape index (κ2) is 3.46. The molecule has 0 radical (unpaired) electrons. The van der Waals surface area contributed by atoms with Crippen LogP contribution in [0.5, 0.6) is 0 Å². The summed E-state index contributed by atoms with van der Waals surface area (Å²) < 4.78 is 3.02. The van der Waals surface area contributed by atoms with Crippen LogP contribution in [0.15, 0.2) is 22.9 Å². The second-order valence-corrected chi connectivity index (χ2v) is 5.90. The predicted octanol–water partition coefficient (Wildman–Crippen LogP) is 2.31. The minimum Gasteiger partial charge on any atom is -0.390 e. The average Bonchev–Trinajstić information content (AvgIpc) is 2.54. The van der Waals surface area contributed by atoms with Gasteiger partial charge in [0.05, 0.1) is 5.60 Å². The summed E-state index contributed by atoms with van der Waals surface area (Å²) in [7, 11) is 0. The van der Waals surface area contributed by atoms with Crippen LogP contribution in [0, 0.1) is 0 Å². The van der Waals surface area contributed by atoms with Crippen LogP contribution in [0.2, 0.25) is 0 Å². The molecule has 3 rings (SSSR count). The lowest BCUT2D eigenvalue weighted by molar-refractivity contribution is -0.0324. The number of nitrogens with zero attached hydrogens (tertiary/aromatic N) is 2. The zero-order chi connectivity index (χ0) is 12.2. The number of hydrogen-bond acceptors (Lipinski definition) is 3. The molecule has 2 heterocycles. The zero-order valence-electron chi connectivity index (χ0n) is 9.52. The predicted molar refractivity (Wildman–Crippen MR) is 69.9 cm³/mol. The van der Waals surface area contributed by atoms with Gasteiger partial charge in [-0.05, 0) is 41.8 Å². The molecule has 3 N–H and O–H groups in total. The minimum atomic E-state index is -0.514. The SMILES string of the molecule is CC1(O)CC(c2cc(Br)c3c(N)nccn23)C1. The molecule has 1 aliphatic rings. The number of nitrogen functional groups attached to an aromatic ring is 1. The average molecular weight is 296 g/mol. The summed E-state index contributed by atoms with van der Waals surface area (Å²) in [4.78, 5) is 4.09. The quantitative estimate of drug-likeness (QED) is 0.849. The van der Waals surface area contributed by atoms with Gasteiger partial charge in [0.2, 0.25) is 0 Å². The van der Waals surface area contributed by atoms with Crippen molar-refractivity contribution in [3.63, 3.8) is 0 Å². The summed E-state index contributed by atoms with van der Waals surface area (Å²) in [5.74, 6) is 0.919. The van der Waals surface area contributed by atoms with Crippen molar-refractivity contribution >= 4 is 27.3 Å². The molecule has 90 valence electrons. The van der Waals surface area contributed by atoms with Crippen LogP contribution in [0.1, 0.15) is 31.4 Å². The third kappa shape index (κ3) is 1.65. The fraction of sp³-hybridized carbons (Fsp3) is 0.417. The third-order valence-corrected chi connectivity index (χ3v) is 4.09. The Morgan fingerprint density at radius 1 is 1.59 bits per heavy atom. The summed E-state index contributed by atoms with van der Waals surface area (Å²) in [5.41, 5.74) is 7.46. The Kier molecular flexibility index (Phi) is 2.25. The molecule has 0 unspecified atom stereocenters. The van der Waals surface area contributed by atoms with Crippen molar-refractivity contribution in [2.24, 2.45) is 0 Å². The molecule has 17 heavy (non-hydrogen) atoms. The molecular weight excluding hydrogens is 282 g/mol. The van der Waals surface area contributed by atoms with Gasteiger partial charge in [-0.3, -0.25) is 0 Å². The van der Waals surface area contributed by atoms with E-state index in [0.29, 0.717) is 11.7 Å². The van der Waals surface area contributed by atoms with E-state index in [-0.39, 0.29) is 0 Å². The van der Waals surface area contributed by atoms with Crippen molar-refractivity contribution in [1.29, 1.82) is 0 Å². The van der Waals surface area contributed by atoms with Crippen LogP contribution in [0.3, 0.4) is 0 Å². The minimum absolute atomic E-state index is 0.394. The van der Waals surface area contributed by atoms with E-state index in [9.17, 15) is 5.11 Å². The third-order valence-electron chi connectivity index (χ3n) is 3.48. The molecule has 0 amide bonds. The highest BCUT2D eigenvalue weighted by Crippen LogP contribution is 2.46. The van der Waals surface area contributed by atoms with Gasteiger partial charge >= 0.3 is 0 Å². The van der Waals surface area contributed by atoms with E-state index in [1.807, 2.05) is 13.1 Å². The van der Waals surface area contributed by atoms with Crippen LogP contribution in [-0.4, -0.2) is 20.1 Å². The maximum Gasteiger partial charge on any atom is 0.148 e. The van der Waals surface area contributed by atoms with Gasteiger partial charge in [-0.1, -0.05) is 0 Å². The first kappa shape index (κ1) is 11.0. The molecule has 2 aromatic heterocycles. The molecule has 2 aromatic rings. The van der Waals surface area contributed by atoms with Gasteiger partial charge in [0, 0.05) is 28.5 Å². The molecule has 0 saturated heterocycles. The lowest BCUT2D eigenvalue weighted by Crippen LogP contribution is -2.39. The van der Waals surface area contributed by atoms with Crippen molar-refractivity contribution in [3.05, 3.63) is 28.6 Å². The number of hydrogen-bond donors (Lipinski definition) is 2. The van der Waals surface area contributed by atoms with E-state index in [0.717, 1.165) is 22.8 Å². The van der Waals surface area contributed by atoms with Crippen LogP contribution >= 0.6 is 15.9 Å². The monoisotopic (exact) mass is 295 g/mol. The number of anilines is 1. The summed E-state index contributed by atoms with van der Waals surface area (Å²) in [6, 6.07) is 2.08. The topological polar surface area (TPSA) is 63.5 Å². The van der Waals surface area contributed by atoms with Crippen molar-refractivity contribution in [3.8, 4) is 0 Å². The molecule has 0 spiro atoms. The summed E-state index contributed by atoms with van der Waals surface area (Å²) in [6.45, 7) is 1.88. The fourth-order valence-electron chi connectivity index (χ4n) is 2.69. The van der Waals surface area contributed by atoms with Crippen LogP contribution < -0.4 is 5.73 Å². The Balaban J connectivity index is 2.10. The first-order valence-electron chi connectivity index (χ1n) is 5.61. The highest BCUT2D eigenvalue weighted by atomic mass is 79.9. The number of aromatic nitrogens is 2. The van der Waals surface area contributed by atoms with E-state index in [1.165, 1.54) is 5.69 Å². The molecule has 1 fully saturated rings. The van der Waals surface area contributed by atoms with Gasteiger partial charge in [0.15, 0.2) is 0 Å². The Bertz CT molecular complexity index is 583. The van der Waals surface area contributed by atoms with Gasteiger partial charge in [-0.15, -0.1) is 0 Å². The molecule has 1 aliphatic carbocycles. The van der Waals surface area contributed by atoms with Gasteiger partial charge in [-0.25, -0.2) is 4.98 Å². The lowest BCUT2D eigenvalue weighted by Gasteiger charge is -2.40. The van der Waals surface area contributed by atoms with Crippen molar-refractivity contribution in [2.75, 3.05) is 5.73 Å². The second-order valence-electron chi connectivity index (χ2n) is 5.05. The summed E-state index contributed by atoms with van der Waals surface area (Å²) >= 11 is 3.52. The van der Waals surface area contributed by atoms with E-state index in [1.54, 1.807) is 6.20 Å². The van der Waals surface area contributed by atoms with Crippen molar-refractivity contribution < 1.29 is 5.11 Å². The van der Waals surface area contributed by atoms with E-state index in [4.69, 9.17) is 5.73 Å². The van der Waals surface area contributed by atoms with E-state index >= 15 is 0 Å². The largest absolute Gasteiger partial charge is 0.390 e. The highest BCUT2D eigenvalue weighted by molar-refractivity contribution is 9.10. The van der Waals surface area contributed by atoms with Crippen LogP contribution in [-0.2, 0) is 0 Å². The molecular formula is C12H14BrN3O. The van der Waals surface area contributed by atoms with Crippen LogP contribution in [0.25, 0.3) is 5.52 Å². The number of halogens is 1. The smallest absolute Gasteiger partial charge is 0.148 e. The lowest BCUT2D eigenvalue weighted by atomic mass is 9.71. The standard InChI is InChI=1S/C12H14BrN3O/c1-12(17)5-7(6-12)9-4-8(13)10-11(14)15-2-3-16(9)10/h2-4,7,17H,5-6H2,1H3,(H2,14,15). The number of nitrogens with two attached hydrogens (primary N) is 1. The number of aliphatic hydroxyl groups is 1. The summed E-state index contributed by atoms with van der Waals surface area (Å²) in [6.07, 6.45) is 5.22. The van der Waals surface area contributed by atoms with Crippen molar-refractivity contribution in [1.82, 2.24) is 9.38 Å². The van der Waals surface area contributed by atoms with Crippen LogP contribution in [0.4, 0.5) is 5.82 Å². The molecule has 0 aliphatic heterocycles. The molecule has 0 aromatic carbocycles. The zero-order valence-corrected chi connectivity index (χ0v) is 11.1. The normalized spacial score (nSPS) is 28.3. The van der Waals surface area contributed by atoms with Gasteiger partial charge < -0.3 is 15.2 Å². The maximum atomic E-state index is 9.82. The van der Waals surface area contributed by atoms with Gasteiger partial charge in [0.25, 0.3) is 0 Å². The number of rotatable bonds is 1. The molecule has 5 heteroatoms. The van der Waals surface area contributed by atoms with Gasteiger partial charge in [0.1, 0.15) is 11.3 Å². The maximum absolute atomic E-state index is 9.82. The Hall–Kier alpha value is -1.07. The number of fused-ring (bicyclic) bond motifs is 1. The molecule has 1 saturated carbocycles.